The first kappa shape index (κ1) is 16.3. The predicted molar refractivity (Wildman–Crippen MR) is 85.6 cm³/mol. The maximum Gasteiger partial charge on any atom is 0.227 e. The largest absolute Gasteiger partial charge is 0.375 e. The molecule has 3 nitrogen and oxygen atoms in total. The van der Waals surface area contributed by atoms with Crippen molar-refractivity contribution < 1.29 is 9.53 Å². The van der Waals surface area contributed by atoms with Crippen LogP contribution < -0.4 is 0 Å². The third-order valence-electron chi connectivity index (χ3n) is 4.07. The summed E-state index contributed by atoms with van der Waals surface area (Å²) in [5, 5.41) is 0.661. The zero-order valence-corrected chi connectivity index (χ0v) is 13.8. The van der Waals surface area contributed by atoms with Gasteiger partial charge < -0.3 is 9.64 Å². The number of benzene rings is 1. The molecule has 0 aliphatic carbocycles. The Balaban J connectivity index is 2.07. The van der Waals surface area contributed by atoms with Gasteiger partial charge in [-0.15, -0.1) is 0 Å². The molecule has 1 amide bonds. The molecule has 1 aliphatic rings. The second-order valence-corrected chi connectivity index (χ2v) is 6.61. The van der Waals surface area contributed by atoms with E-state index in [0.29, 0.717) is 18.1 Å². The van der Waals surface area contributed by atoms with Gasteiger partial charge in [0.25, 0.3) is 0 Å². The van der Waals surface area contributed by atoms with Crippen LogP contribution in [-0.2, 0) is 16.0 Å². The van der Waals surface area contributed by atoms with Crippen molar-refractivity contribution in [2.45, 2.75) is 51.7 Å². The molecule has 1 fully saturated rings. The molecule has 1 aromatic rings. The molecule has 0 saturated carbocycles. The molecule has 1 saturated heterocycles. The number of halogens is 1. The highest BCUT2D eigenvalue weighted by atomic mass is 35.5. The molecule has 0 N–H and O–H groups in total. The van der Waals surface area contributed by atoms with E-state index in [1.54, 1.807) is 0 Å². The highest BCUT2D eigenvalue weighted by molar-refractivity contribution is 6.31. The number of carbonyl (C=O) groups is 1. The summed E-state index contributed by atoms with van der Waals surface area (Å²) in [5.74, 6) is 0.147. The molecule has 1 heterocycles. The fourth-order valence-corrected chi connectivity index (χ4v) is 3.21. The number of nitrogens with zero attached hydrogens (tertiary/aromatic N) is 1. The topological polar surface area (TPSA) is 29.5 Å². The minimum Gasteiger partial charge on any atom is -0.375 e. The number of rotatable bonds is 4. The fourth-order valence-electron chi connectivity index (χ4n) is 3.01. The van der Waals surface area contributed by atoms with Gasteiger partial charge in [0.1, 0.15) is 0 Å². The van der Waals surface area contributed by atoms with Crippen molar-refractivity contribution >= 4 is 17.5 Å². The Morgan fingerprint density at radius 2 is 2.14 bits per heavy atom. The highest BCUT2D eigenvalue weighted by Crippen LogP contribution is 2.28. The Labute approximate surface area is 132 Å². The minimum atomic E-state index is -0.152. The van der Waals surface area contributed by atoms with Crippen LogP contribution in [0.25, 0.3) is 0 Å². The fraction of sp³-hybridized carbons (Fsp3) is 0.588. The van der Waals surface area contributed by atoms with Crippen LogP contribution in [0.4, 0.5) is 0 Å². The number of carbonyl (C=O) groups excluding carboxylic acids is 1. The van der Waals surface area contributed by atoms with Crippen molar-refractivity contribution in [1.29, 1.82) is 0 Å². The standard InChI is InChI=1S/C17H24ClNO2/c1-4-19(14-9-10-21-17(2,3)12-14)16(20)11-13-7-5-6-8-15(13)18/h5-8,14H,4,9-12H2,1-3H3. The molecule has 1 atom stereocenters. The third kappa shape index (κ3) is 4.21. The van der Waals surface area contributed by atoms with Crippen molar-refractivity contribution in [3.8, 4) is 0 Å². The molecule has 4 heteroatoms. The van der Waals surface area contributed by atoms with Gasteiger partial charge in [-0.05, 0) is 45.2 Å². The van der Waals surface area contributed by atoms with Crippen molar-refractivity contribution in [2.24, 2.45) is 0 Å². The van der Waals surface area contributed by atoms with Crippen LogP contribution in [-0.4, -0.2) is 35.6 Å². The van der Waals surface area contributed by atoms with Gasteiger partial charge in [-0.2, -0.15) is 0 Å². The van der Waals surface area contributed by atoms with Crippen LogP contribution in [0.3, 0.4) is 0 Å². The van der Waals surface area contributed by atoms with Crippen LogP contribution >= 0.6 is 11.6 Å². The molecule has 0 aromatic heterocycles. The molecule has 0 bridgehead atoms. The van der Waals surface area contributed by atoms with E-state index >= 15 is 0 Å². The van der Waals surface area contributed by atoms with Gasteiger partial charge in [0.2, 0.25) is 5.91 Å². The first-order chi connectivity index (χ1) is 9.93. The van der Waals surface area contributed by atoms with Gasteiger partial charge in [0.05, 0.1) is 12.0 Å². The maximum absolute atomic E-state index is 12.6. The smallest absolute Gasteiger partial charge is 0.227 e. The Morgan fingerprint density at radius 1 is 1.43 bits per heavy atom. The van der Waals surface area contributed by atoms with Gasteiger partial charge in [-0.1, -0.05) is 29.8 Å². The number of amides is 1. The van der Waals surface area contributed by atoms with Crippen LogP contribution in [0.2, 0.25) is 5.02 Å². The lowest BCUT2D eigenvalue weighted by Crippen LogP contribution is -2.48. The number of hydrogen-bond donors (Lipinski definition) is 0. The van der Waals surface area contributed by atoms with Gasteiger partial charge in [-0.25, -0.2) is 0 Å². The van der Waals surface area contributed by atoms with E-state index in [2.05, 4.69) is 13.8 Å². The molecule has 0 spiro atoms. The van der Waals surface area contributed by atoms with E-state index < -0.39 is 0 Å². The Hall–Kier alpha value is -1.06. The van der Waals surface area contributed by atoms with Crippen molar-refractivity contribution in [3.63, 3.8) is 0 Å². The molecule has 2 rings (SSSR count). The van der Waals surface area contributed by atoms with Gasteiger partial charge >= 0.3 is 0 Å². The van der Waals surface area contributed by atoms with E-state index in [1.807, 2.05) is 36.1 Å². The summed E-state index contributed by atoms with van der Waals surface area (Å²) in [7, 11) is 0. The van der Waals surface area contributed by atoms with Gasteiger partial charge in [0.15, 0.2) is 0 Å². The molecular formula is C17H24ClNO2. The average molecular weight is 310 g/mol. The number of likely N-dealkylation sites (N-methyl/N-ethyl adjacent to an activating group) is 1. The minimum absolute atomic E-state index is 0.147. The summed E-state index contributed by atoms with van der Waals surface area (Å²) in [6, 6.07) is 7.81. The van der Waals surface area contributed by atoms with Gasteiger partial charge in [0, 0.05) is 24.2 Å². The van der Waals surface area contributed by atoms with Gasteiger partial charge in [-0.3, -0.25) is 4.79 Å². The maximum atomic E-state index is 12.6. The van der Waals surface area contributed by atoms with Crippen molar-refractivity contribution in [2.75, 3.05) is 13.2 Å². The molecule has 116 valence electrons. The van der Waals surface area contributed by atoms with Crippen molar-refractivity contribution in [1.82, 2.24) is 4.90 Å². The third-order valence-corrected chi connectivity index (χ3v) is 4.44. The summed E-state index contributed by atoms with van der Waals surface area (Å²) in [5.41, 5.74) is 0.745. The van der Waals surface area contributed by atoms with Crippen LogP contribution in [0.1, 0.15) is 39.2 Å². The monoisotopic (exact) mass is 309 g/mol. The summed E-state index contributed by atoms with van der Waals surface area (Å²) in [4.78, 5) is 14.6. The van der Waals surface area contributed by atoms with Crippen LogP contribution in [0.15, 0.2) is 24.3 Å². The summed E-state index contributed by atoms with van der Waals surface area (Å²) in [6.45, 7) is 7.65. The van der Waals surface area contributed by atoms with Crippen LogP contribution in [0.5, 0.6) is 0 Å². The Bertz CT molecular complexity index is 501. The van der Waals surface area contributed by atoms with E-state index in [0.717, 1.165) is 24.9 Å². The van der Waals surface area contributed by atoms with E-state index in [1.165, 1.54) is 0 Å². The first-order valence-electron chi connectivity index (χ1n) is 7.60. The predicted octanol–water partition coefficient (Wildman–Crippen LogP) is 3.69. The normalized spacial score (nSPS) is 21.0. The first-order valence-corrected chi connectivity index (χ1v) is 7.97. The highest BCUT2D eigenvalue weighted by Gasteiger charge is 2.33. The zero-order chi connectivity index (χ0) is 15.5. The van der Waals surface area contributed by atoms with Crippen LogP contribution in [0, 0.1) is 0 Å². The lowest BCUT2D eigenvalue weighted by atomic mass is 9.92. The molecule has 0 radical (unpaired) electrons. The lowest BCUT2D eigenvalue weighted by molar-refractivity contribution is -0.139. The quantitative estimate of drug-likeness (QED) is 0.849. The molecule has 1 unspecified atom stereocenters. The molecular weight excluding hydrogens is 286 g/mol. The lowest BCUT2D eigenvalue weighted by Gasteiger charge is -2.41. The Kier molecular flexibility index (Phi) is 5.28. The number of hydrogen-bond acceptors (Lipinski definition) is 2. The second-order valence-electron chi connectivity index (χ2n) is 6.20. The van der Waals surface area contributed by atoms with E-state index in [9.17, 15) is 4.79 Å². The SMILES string of the molecule is CCN(C(=O)Cc1ccccc1Cl)C1CCOC(C)(C)C1. The molecule has 1 aliphatic heterocycles. The molecule has 21 heavy (non-hydrogen) atoms. The number of ether oxygens (including phenoxy) is 1. The van der Waals surface area contributed by atoms with E-state index in [-0.39, 0.29) is 17.6 Å². The zero-order valence-electron chi connectivity index (χ0n) is 13.1. The van der Waals surface area contributed by atoms with Crippen molar-refractivity contribution in [3.05, 3.63) is 34.9 Å². The van der Waals surface area contributed by atoms with E-state index in [4.69, 9.17) is 16.3 Å². The summed E-state index contributed by atoms with van der Waals surface area (Å²) < 4.78 is 5.75. The summed E-state index contributed by atoms with van der Waals surface area (Å²) >= 11 is 6.16. The second kappa shape index (κ2) is 6.80. The summed E-state index contributed by atoms with van der Waals surface area (Å²) in [6.07, 6.45) is 2.16. The Morgan fingerprint density at radius 3 is 2.76 bits per heavy atom. The average Bonchev–Trinajstić information content (AvgIpc) is 2.41. The molecule has 1 aromatic carbocycles.